The highest BCUT2D eigenvalue weighted by molar-refractivity contribution is 5.96. The minimum Gasteiger partial charge on any atom is -0.355 e. The summed E-state index contributed by atoms with van der Waals surface area (Å²) >= 11 is 0. The molecule has 5 heteroatoms. The number of fused-ring (bicyclic) bond motifs is 1. The zero-order valence-electron chi connectivity index (χ0n) is 12.7. The van der Waals surface area contributed by atoms with Gasteiger partial charge in [-0.25, -0.2) is 0 Å². The van der Waals surface area contributed by atoms with Crippen LogP contribution >= 0.6 is 0 Å². The molecule has 21 heavy (non-hydrogen) atoms. The normalized spacial score (nSPS) is 13.4. The molecule has 5 nitrogen and oxygen atoms in total. The molecule has 0 fully saturated rings. The van der Waals surface area contributed by atoms with Crippen LogP contribution in [0, 0.1) is 0 Å². The molecule has 0 saturated carbocycles. The van der Waals surface area contributed by atoms with Gasteiger partial charge in [-0.3, -0.25) is 9.59 Å². The Morgan fingerprint density at radius 2 is 2.14 bits per heavy atom. The largest absolute Gasteiger partial charge is 0.355 e. The van der Waals surface area contributed by atoms with Gasteiger partial charge in [0.25, 0.3) is 5.91 Å². The summed E-state index contributed by atoms with van der Waals surface area (Å²) < 4.78 is 0. The fourth-order valence-electron chi connectivity index (χ4n) is 2.44. The topological polar surface area (TPSA) is 61.4 Å². The highest BCUT2D eigenvalue weighted by Gasteiger charge is 2.17. The van der Waals surface area contributed by atoms with Crippen molar-refractivity contribution in [1.82, 2.24) is 15.5 Å². The van der Waals surface area contributed by atoms with Gasteiger partial charge in [0.15, 0.2) is 0 Å². The summed E-state index contributed by atoms with van der Waals surface area (Å²) in [5.74, 6) is -0.234. The Kier molecular flexibility index (Phi) is 5.33. The molecule has 0 bridgehead atoms. The van der Waals surface area contributed by atoms with Gasteiger partial charge in [0.05, 0.1) is 6.54 Å². The van der Waals surface area contributed by atoms with Gasteiger partial charge in [0, 0.05) is 25.7 Å². The lowest BCUT2D eigenvalue weighted by Crippen LogP contribution is -2.38. The summed E-state index contributed by atoms with van der Waals surface area (Å²) in [6.07, 6.45) is 1.89. The van der Waals surface area contributed by atoms with Crippen LogP contribution in [-0.2, 0) is 17.8 Å². The monoisotopic (exact) mass is 289 g/mol. The molecule has 0 unspecified atom stereocenters. The Morgan fingerprint density at radius 3 is 2.90 bits per heavy atom. The fraction of sp³-hybridized carbons (Fsp3) is 0.500. The van der Waals surface area contributed by atoms with Crippen molar-refractivity contribution in [2.24, 2.45) is 0 Å². The van der Waals surface area contributed by atoms with Crippen LogP contribution in [0.15, 0.2) is 18.2 Å². The van der Waals surface area contributed by atoms with E-state index >= 15 is 0 Å². The van der Waals surface area contributed by atoms with E-state index in [0.717, 1.165) is 25.9 Å². The fourth-order valence-corrected chi connectivity index (χ4v) is 2.44. The van der Waals surface area contributed by atoms with Gasteiger partial charge in [-0.05, 0) is 42.6 Å². The maximum Gasteiger partial charge on any atom is 0.254 e. The first kappa shape index (κ1) is 15.5. The lowest BCUT2D eigenvalue weighted by Gasteiger charge is -2.20. The first-order valence-electron chi connectivity index (χ1n) is 7.46. The number of nitrogens with one attached hydrogen (secondary N) is 2. The summed E-state index contributed by atoms with van der Waals surface area (Å²) in [4.78, 5) is 25.5. The van der Waals surface area contributed by atoms with Crippen molar-refractivity contribution in [3.63, 3.8) is 0 Å². The summed E-state index contributed by atoms with van der Waals surface area (Å²) in [5.41, 5.74) is 3.12. The van der Waals surface area contributed by atoms with Gasteiger partial charge in [0.1, 0.15) is 0 Å². The van der Waals surface area contributed by atoms with E-state index in [4.69, 9.17) is 0 Å². The van der Waals surface area contributed by atoms with Crippen LogP contribution in [0.4, 0.5) is 0 Å². The first-order chi connectivity index (χ1) is 10.1. The molecule has 0 atom stereocenters. The molecule has 1 aromatic carbocycles. The van der Waals surface area contributed by atoms with Crippen molar-refractivity contribution in [2.45, 2.75) is 26.3 Å². The third-order valence-corrected chi connectivity index (χ3v) is 3.64. The number of rotatable bonds is 5. The molecule has 2 amide bonds. The van der Waals surface area contributed by atoms with Crippen molar-refractivity contribution in [3.8, 4) is 0 Å². The number of amides is 2. The van der Waals surface area contributed by atoms with Gasteiger partial charge < -0.3 is 15.5 Å². The van der Waals surface area contributed by atoms with Crippen LogP contribution < -0.4 is 10.6 Å². The van der Waals surface area contributed by atoms with E-state index in [1.54, 1.807) is 7.05 Å². The number of likely N-dealkylation sites (N-methyl/N-ethyl adjacent to an activating group) is 1. The number of hydrogen-bond donors (Lipinski definition) is 2. The average molecular weight is 289 g/mol. The second kappa shape index (κ2) is 7.22. The Balaban J connectivity index is 2.00. The second-order valence-corrected chi connectivity index (χ2v) is 5.42. The van der Waals surface area contributed by atoms with Crippen LogP contribution in [-0.4, -0.2) is 43.4 Å². The molecule has 1 aromatic rings. The minimum absolute atomic E-state index is 0.0914. The van der Waals surface area contributed by atoms with Crippen LogP contribution in [0.3, 0.4) is 0 Å². The second-order valence-electron chi connectivity index (χ2n) is 5.42. The molecule has 0 aliphatic carbocycles. The number of hydrogen-bond acceptors (Lipinski definition) is 3. The minimum atomic E-state index is -0.118. The third kappa shape index (κ3) is 4.04. The van der Waals surface area contributed by atoms with Crippen LogP contribution in [0.1, 0.15) is 34.8 Å². The number of carbonyl (C=O) groups is 2. The maximum absolute atomic E-state index is 12.4. The highest BCUT2D eigenvalue weighted by atomic mass is 16.2. The molecule has 1 aliphatic heterocycles. The molecule has 0 radical (unpaired) electrons. The Hall–Kier alpha value is -1.88. The van der Waals surface area contributed by atoms with Gasteiger partial charge in [-0.2, -0.15) is 0 Å². The van der Waals surface area contributed by atoms with Crippen molar-refractivity contribution in [1.29, 1.82) is 0 Å². The lowest BCUT2D eigenvalue weighted by molar-refractivity contribution is -0.121. The van der Waals surface area contributed by atoms with Crippen LogP contribution in [0.2, 0.25) is 0 Å². The molecular weight excluding hydrogens is 266 g/mol. The molecule has 0 saturated heterocycles. The molecule has 2 rings (SSSR count). The standard InChI is InChI=1S/C16H23N3O2/c1-3-7-18-15(20)11-19(2)16(21)13-5-4-12-6-8-17-10-14(12)9-13/h4-5,9,17H,3,6-8,10-11H2,1-2H3,(H,18,20). The summed E-state index contributed by atoms with van der Waals surface area (Å²) in [5, 5.41) is 6.08. The first-order valence-corrected chi connectivity index (χ1v) is 7.46. The summed E-state index contributed by atoms with van der Waals surface area (Å²) in [6, 6.07) is 5.81. The highest BCUT2D eigenvalue weighted by Crippen LogP contribution is 2.16. The summed E-state index contributed by atoms with van der Waals surface area (Å²) in [6.45, 7) is 4.52. The Labute approximate surface area is 125 Å². The van der Waals surface area contributed by atoms with Crippen LogP contribution in [0.25, 0.3) is 0 Å². The van der Waals surface area contributed by atoms with E-state index in [0.29, 0.717) is 12.1 Å². The number of nitrogens with zero attached hydrogens (tertiary/aromatic N) is 1. The van der Waals surface area contributed by atoms with Crippen molar-refractivity contribution in [2.75, 3.05) is 26.7 Å². The Morgan fingerprint density at radius 1 is 1.33 bits per heavy atom. The molecule has 1 aliphatic rings. The van der Waals surface area contributed by atoms with Crippen molar-refractivity contribution in [3.05, 3.63) is 34.9 Å². The predicted molar refractivity (Wildman–Crippen MR) is 82.1 cm³/mol. The van der Waals surface area contributed by atoms with Gasteiger partial charge in [0.2, 0.25) is 5.91 Å². The quantitative estimate of drug-likeness (QED) is 0.848. The van der Waals surface area contributed by atoms with E-state index in [9.17, 15) is 9.59 Å². The van der Waals surface area contributed by atoms with E-state index in [1.807, 2.05) is 25.1 Å². The smallest absolute Gasteiger partial charge is 0.254 e. The van der Waals surface area contributed by atoms with E-state index < -0.39 is 0 Å². The van der Waals surface area contributed by atoms with Crippen molar-refractivity contribution < 1.29 is 9.59 Å². The molecule has 0 spiro atoms. The molecule has 114 valence electrons. The van der Waals surface area contributed by atoms with Gasteiger partial charge in [-0.1, -0.05) is 13.0 Å². The SMILES string of the molecule is CCCNC(=O)CN(C)C(=O)c1ccc2c(c1)CNCC2. The summed E-state index contributed by atoms with van der Waals surface area (Å²) in [7, 11) is 1.66. The zero-order chi connectivity index (χ0) is 15.2. The Bertz CT molecular complexity index is 528. The average Bonchev–Trinajstić information content (AvgIpc) is 2.51. The van der Waals surface area contributed by atoms with E-state index in [2.05, 4.69) is 10.6 Å². The number of benzene rings is 1. The van der Waals surface area contributed by atoms with E-state index in [-0.39, 0.29) is 18.4 Å². The predicted octanol–water partition coefficient (Wildman–Crippen LogP) is 0.930. The zero-order valence-corrected chi connectivity index (χ0v) is 12.7. The van der Waals surface area contributed by atoms with Gasteiger partial charge >= 0.3 is 0 Å². The van der Waals surface area contributed by atoms with Gasteiger partial charge in [-0.15, -0.1) is 0 Å². The maximum atomic E-state index is 12.4. The van der Waals surface area contributed by atoms with E-state index in [1.165, 1.54) is 16.0 Å². The number of carbonyl (C=O) groups excluding carboxylic acids is 2. The molecular formula is C16H23N3O2. The van der Waals surface area contributed by atoms with Crippen LogP contribution in [0.5, 0.6) is 0 Å². The molecule has 2 N–H and O–H groups in total. The molecule has 0 aromatic heterocycles. The lowest BCUT2D eigenvalue weighted by atomic mass is 9.98. The molecule has 1 heterocycles. The van der Waals surface area contributed by atoms with Crippen molar-refractivity contribution >= 4 is 11.8 Å². The third-order valence-electron chi connectivity index (χ3n) is 3.64.